The zero-order chi connectivity index (χ0) is 54.6. The summed E-state index contributed by atoms with van der Waals surface area (Å²) in [6.07, 6.45) is 8.50. The van der Waals surface area contributed by atoms with Crippen LogP contribution in [0.4, 0.5) is 0 Å². The Labute approximate surface area is 448 Å². The van der Waals surface area contributed by atoms with Crippen molar-refractivity contribution in [3.8, 4) is 0 Å². The molecule has 414 valence electrons. The molecule has 1 saturated heterocycles. The minimum absolute atomic E-state index is 0. The van der Waals surface area contributed by atoms with E-state index < -0.39 is 0 Å². The molecule has 71 heavy (non-hydrogen) atoms. The van der Waals surface area contributed by atoms with Crippen molar-refractivity contribution in [3.05, 3.63) is 182 Å². The highest BCUT2D eigenvalue weighted by molar-refractivity contribution is 5.01. The second-order valence-corrected chi connectivity index (χ2v) is 15.9. The number of rotatable bonds is 4. The lowest BCUT2D eigenvalue weighted by Crippen LogP contribution is -2.59. The van der Waals surface area contributed by atoms with Gasteiger partial charge in [-0.1, -0.05) is 354 Å². The lowest BCUT2D eigenvalue weighted by molar-refractivity contribution is -0.963. The van der Waals surface area contributed by atoms with E-state index in [4.69, 9.17) is 5.11 Å². The van der Waals surface area contributed by atoms with Crippen LogP contribution < -0.4 is 0 Å². The van der Waals surface area contributed by atoms with E-state index in [-0.39, 0.29) is 14.9 Å². The molecule has 0 bridgehead atoms. The fourth-order valence-corrected chi connectivity index (χ4v) is 5.20. The highest BCUT2D eigenvalue weighted by Crippen LogP contribution is 2.27. The number of benzene rings is 5. The second kappa shape index (κ2) is 85.5. The molecule has 0 unspecified atom stereocenters. The predicted octanol–water partition coefficient (Wildman–Crippen LogP) is 22.1. The van der Waals surface area contributed by atoms with Gasteiger partial charge in [0.05, 0.1) is 26.2 Å². The van der Waals surface area contributed by atoms with E-state index >= 15 is 0 Å². The first-order valence-corrected chi connectivity index (χ1v) is 27.2. The molecule has 0 spiro atoms. The Morgan fingerprint density at radius 3 is 0.620 bits per heavy atom. The van der Waals surface area contributed by atoms with E-state index in [1.54, 1.807) is 14.1 Å². The minimum atomic E-state index is 0. The molecule has 5 aromatic carbocycles. The summed E-state index contributed by atoms with van der Waals surface area (Å²) in [5, 5.41) is 15.5. The van der Waals surface area contributed by atoms with Crippen molar-refractivity contribution in [1.82, 2.24) is 0 Å². The van der Waals surface area contributed by atoms with Crippen molar-refractivity contribution in [1.29, 1.82) is 0 Å². The van der Waals surface area contributed by atoms with E-state index in [9.17, 15) is 0 Å². The van der Waals surface area contributed by atoms with Gasteiger partial charge in [-0.05, 0) is 23.7 Å². The van der Waals surface area contributed by atoms with Crippen LogP contribution in [0.25, 0.3) is 0 Å². The smallest absolute Gasteiger partial charge is 0.102 e. The molecule has 0 atom stereocenters. The van der Waals surface area contributed by atoms with E-state index in [1.165, 1.54) is 62.6 Å². The summed E-state index contributed by atoms with van der Waals surface area (Å²) < 4.78 is 1.19. The van der Waals surface area contributed by atoms with Crippen LogP contribution >= 0.6 is 0 Å². The number of quaternary nitrogens is 1. The number of azo groups is 1. The summed E-state index contributed by atoms with van der Waals surface area (Å²) in [5.41, 5.74) is 0.500. The zero-order valence-electron chi connectivity index (χ0n) is 49.5. The van der Waals surface area contributed by atoms with Gasteiger partial charge >= 0.3 is 0 Å². The average molecular weight is 990 g/mol. The molecule has 0 radical (unpaired) electrons. The zero-order valence-corrected chi connectivity index (χ0v) is 49.5. The first-order valence-electron chi connectivity index (χ1n) is 27.2. The molecule has 5 aromatic rings. The van der Waals surface area contributed by atoms with Gasteiger partial charge in [0, 0.05) is 20.5 Å². The Bertz CT molecular complexity index is 1060. The van der Waals surface area contributed by atoms with E-state index in [0.717, 1.165) is 18.4 Å². The Morgan fingerprint density at radius 1 is 0.380 bits per heavy atom. The molecule has 2 aliphatic rings. The van der Waals surface area contributed by atoms with Gasteiger partial charge in [-0.15, -0.1) is 0 Å². The lowest BCUT2D eigenvalue weighted by atomic mass is 9.84. The highest BCUT2D eigenvalue weighted by atomic mass is 16.3. The molecule has 1 aliphatic heterocycles. The molecule has 2 fully saturated rings. The third kappa shape index (κ3) is 95.9. The lowest BCUT2D eigenvalue weighted by Gasteiger charge is -2.45. The van der Waals surface area contributed by atoms with Crippen molar-refractivity contribution in [3.63, 3.8) is 0 Å². The summed E-state index contributed by atoms with van der Waals surface area (Å²) in [7, 11) is 3.28. The van der Waals surface area contributed by atoms with E-state index in [2.05, 4.69) is 58.7 Å². The SMILES string of the molecule is C.C.CC.CC.CC.CC.CC.CC.CC(C)(C)C.CC1CCC(C)CC1.CCC[N+]1(CCO)CCC1.CN=NC.c1ccccc1.c1ccccc1.c1ccccc1.c1ccccc1.c1ccccc1. The monoisotopic (exact) mass is 989 g/mol. The number of nitrogens with zero attached hydrogens (tertiary/aromatic N) is 3. The third-order valence-corrected chi connectivity index (χ3v) is 8.38. The molecule has 4 heteroatoms. The first kappa shape index (κ1) is 89.5. The molecule has 1 saturated carbocycles. The minimum Gasteiger partial charge on any atom is -0.391 e. The van der Waals surface area contributed by atoms with Crippen LogP contribution in [0.1, 0.15) is 185 Å². The maximum Gasteiger partial charge on any atom is 0.102 e. The maximum absolute atomic E-state index is 8.78. The Kier molecular flexibility index (Phi) is 108. The predicted molar refractivity (Wildman–Crippen MR) is 334 cm³/mol. The largest absolute Gasteiger partial charge is 0.391 e. The third-order valence-electron chi connectivity index (χ3n) is 8.38. The average Bonchev–Trinajstić information content (AvgIpc) is 3.43. The highest BCUT2D eigenvalue weighted by Gasteiger charge is 2.33. The van der Waals surface area contributed by atoms with Crippen LogP contribution in [0, 0.1) is 17.3 Å². The van der Waals surface area contributed by atoms with Crippen LogP contribution in [-0.2, 0) is 0 Å². The van der Waals surface area contributed by atoms with Crippen LogP contribution in [0.2, 0.25) is 0 Å². The Balaban J connectivity index is -0.0000000720. The van der Waals surface area contributed by atoms with Gasteiger partial charge in [-0.2, -0.15) is 10.2 Å². The van der Waals surface area contributed by atoms with Crippen LogP contribution in [0.3, 0.4) is 0 Å². The van der Waals surface area contributed by atoms with Crippen molar-refractivity contribution in [2.24, 2.45) is 27.5 Å². The van der Waals surface area contributed by atoms with Gasteiger partial charge in [-0.3, -0.25) is 0 Å². The number of hydrogen-bond acceptors (Lipinski definition) is 3. The summed E-state index contributed by atoms with van der Waals surface area (Å²) in [4.78, 5) is 0. The Morgan fingerprint density at radius 2 is 0.535 bits per heavy atom. The van der Waals surface area contributed by atoms with E-state index in [0.29, 0.717) is 12.0 Å². The van der Waals surface area contributed by atoms with Crippen LogP contribution in [0.5, 0.6) is 0 Å². The van der Waals surface area contributed by atoms with Gasteiger partial charge in [0.2, 0.25) is 0 Å². The summed E-state index contributed by atoms with van der Waals surface area (Å²) >= 11 is 0. The maximum atomic E-state index is 8.78. The van der Waals surface area contributed by atoms with Crippen molar-refractivity contribution < 1.29 is 9.59 Å². The molecule has 0 amide bonds. The number of aliphatic hydroxyl groups is 1. The molecule has 1 aliphatic carbocycles. The number of aliphatic hydroxyl groups excluding tert-OH is 1. The van der Waals surface area contributed by atoms with E-state index in [1.807, 2.05) is 265 Å². The molecule has 0 aromatic heterocycles. The normalized spacial score (nSPS) is 12.9. The van der Waals surface area contributed by atoms with Crippen molar-refractivity contribution in [2.45, 2.75) is 185 Å². The van der Waals surface area contributed by atoms with Gasteiger partial charge < -0.3 is 9.59 Å². The molecular weight excluding hydrogens is 863 g/mol. The van der Waals surface area contributed by atoms with Crippen LogP contribution in [0.15, 0.2) is 192 Å². The number of hydrogen-bond donors (Lipinski definition) is 1. The topological polar surface area (TPSA) is 45.0 Å². The summed E-state index contributed by atoms with van der Waals surface area (Å²) in [5.74, 6) is 2.04. The van der Waals surface area contributed by atoms with Crippen molar-refractivity contribution in [2.75, 3.05) is 46.9 Å². The van der Waals surface area contributed by atoms with Gasteiger partial charge in [-0.25, -0.2) is 0 Å². The molecule has 1 heterocycles. The van der Waals surface area contributed by atoms with Crippen molar-refractivity contribution >= 4 is 0 Å². The molecule has 7 rings (SSSR count). The first-order chi connectivity index (χ1) is 33.5. The molecular formula is C67H126N3O+. The quantitative estimate of drug-likeness (QED) is 0.142. The second-order valence-electron chi connectivity index (χ2n) is 15.9. The molecule has 1 N–H and O–H groups in total. The number of likely N-dealkylation sites (tertiary alicyclic amines) is 1. The van der Waals surface area contributed by atoms with Gasteiger partial charge in [0.25, 0.3) is 0 Å². The standard InChI is InChI=1S/C8H18NO.C8H16.5C6H6.C5H12.C2H6N2.6C2H6.2CH4/c1-2-4-9(7-8-10)5-3-6-9;1-7-3-5-8(2)6-4-7;5*1-2-4-6-5-3-1;1-5(2,3)4;1-3-4-2;6*1-2;;/h10H,2-8H2,1H3;7-8H,3-6H2,1-2H3;5*1-6H;1-4H3;1-2H3;6*1-2H3;2*1H4/q+1;;;;;;;;;;;;;;;;. The fraction of sp³-hybridized carbons (Fsp3) is 0.552. The van der Waals surface area contributed by atoms with Gasteiger partial charge in [0.15, 0.2) is 0 Å². The van der Waals surface area contributed by atoms with Gasteiger partial charge in [0.1, 0.15) is 6.54 Å². The fourth-order valence-electron chi connectivity index (χ4n) is 5.20. The molecule has 4 nitrogen and oxygen atoms in total. The summed E-state index contributed by atoms with van der Waals surface area (Å²) in [6.45, 7) is 44.9. The van der Waals surface area contributed by atoms with Crippen LogP contribution in [-0.4, -0.2) is 56.5 Å². The Hall–Kier alpha value is -4.38. The summed E-state index contributed by atoms with van der Waals surface area (Å²) in [6, 6.07) is 60.0.